The van der Waals surface area contributed by atoms with E-state index in [1.807, 2.05) is 24.3 Å². The number of carbonyl (C=O) groups is 2. The number of thiazole rings is 1. The third-order valence-electron chi connectivity index (χ3n) is 5.09. The second kappa shape index (κ2) is 9.84. The van der Waals surface area contributed by atoms with Gasteiger partial charge in [-0.3, -0.25) is 14.8 Å². The second-order valence-electron chi connectivity index (χ2n) is 7.57. The molecular weight excluding hydrogens is 506 g/mol. The number of benzene rings is 3. The van der Waals surface area contributed by atoms with Gasteiger partial charge in [0.2, 0.25) is 0 Å². The number of nitrogens with one attached hydrogen (secondary N) is 2. The lowest BCUT2D eigenvalue weighted by Crippen LogP contribution is -2.22. The first-order valence-electron chi connectivity index (χ1n) is 10.7. The Morgan fingerprint density at radius 2 is 1.72 bits per heavy atom. The molecule has 184 valence electrons. The van der Waals surface area contributed by atoms with Crippen molar-refractivity contribution in [2.45, 2.75) is 4.90 Å². The lowest BCUT2D eigenvalue weighted by Gasteiger charge is -2.19. The van der Waals surface area contributed by atoms with Crippen molar-refractivity contribution >= 4 is 54.3 Å². The Morgan fingerprint density at radius 1 is 0.972 bits per heavy atom. The Hall–Kier alpha value is -4.16. The lowest BCUT2D eigenvalue weighted by molar-refractivity contribution is -0.119. The molecule has 10 nitrogen and oxygen atoms in total. The highest BCUT2D eigenvalue weighted by molar-refractivity contribution is 7.92. The van der Waals surface area contributed by atoms with E-state index in [4.69, 9.17) is 14.2 Å². The van der Waals surface area contributed by atoms with E-state index in [9.17, 15) is 18.0 Å². The highest BCUT2D eigenvalue weighted by atomic mass is 32.2. The average Bonchev–Trinajstić information content (AvgIpc) is 3.29. The normalized spacial score (nSPS) is 12.7. The summed E-state index contributed by atoms with van der Waals surface area (Å²) in [5, 5.41) is 2.97. The van der Waals surface area contributed by atoms with E-state index in [2.05, 4.69) is 15.0 Å². The van der Waals surface area contributed by atoms with Crippen molar-refractivity contribution in [1.82, 2.24) is 4.98 Å². The number of fused-ring (bicyclic) bond motifs is 2. The van der Waals surface area contributed by atoms with Crippen LogP contribution in [0.2, 0.25) is 0 Å². The fourth-order valence-corrected chi connectivity index (χ4v) is 5.41. The zero-order chi connectivity index (χ0) is 25.1. The topological polar surface area (TPSA) is 133 Å². The molecule has 1 aromatic heterocycles. The Kier molecular flexibility index (Phi) is 6.44. The molecular formula is C24H19N3O7S2. The highest BCUT2D eigenvalue weighted by Crippen LogP contribution is 2.33. The van der Waals surface area contributed by atoms with Crippen LogP contribution in [0.15, 0.2) is 71.6 Å². The highest BCUT2D eigenvalue weighted by Gasteiger charge is 2.22. The number of carbonyl (C=O) groups excluding carboxylic acids is 2. The number of hydrogen-bond acceptors (Lipinski definition) is 9. The summed E-state index contributed by atoms with van der Waals surface area (Å²) in [6.07, 6.45) is 0. The largest absolute Gasteiger partial charge is 0.486 e. The Balaban J connectivity index is 1.26. The molecule has 0 saturated heterocycles. The van der Waals surface area contributed by atoms with Crippen LogP contribution in [-0.4, -0.2) is 45.1 Å². The van der Waals surface area contributed by atoms with Crippen molar-refractivity contribution in [1.29, 1.82) is 0 Å². The summed E-state index contributed by atoms with van der Waals surface area (Å²) in [7, 11) is -4.07. The van der Waals surface area contributed by atoms with Crippen LogP contribution in [0.5, 0.6) is 11.5 Å². The molecule has 2 heterocycles. The first-order chi connectivity index (χ1) is 17.4. The monoisotopic (exact) mass is 525 g/mol. The molecule has 1 amide bonds. The summed E-state index contributed by atoms with van der Waals surface area (Å²) in [4.78, 5) is 29.2. The number of anilines is 2. The molecule has 0 atom stereocenters. The minimum atomic E-state index is -4.07. The van der Waals surface area contributed by atoms with Gasteiger partial charge in [0.15, 0.2) is 23.2 Å². The third kappa shape index (κ3) is 5.09. The van der Waals surface area contributed by atoms with Gasteiger partial charge in [0.05, 0.1) is 26.4 Å². The van der Waals surface area contributed by atoms with E-state index in [0.717, 1.165) is 10.2 Å². The number of esters is 1. The van der Waals surface area contributed by atoms with Crippen LogP contribution < -0.4 is 19.5 Å². The zero-order valence-corrected chi connectivity index (χ0v) is 20.2. The Bertz CT molecular complexity index is 1530. The number of amides is 1. The van der Waals surface area contributed by atoms with Gasteiger partial charge in [0.25, 0.3) is 15.9 Å². The summed E-state index contributed by atoms with van der Waals surface area (Å²) in [6, 6.07) is 17.6. The maximum atomic E-state index is 13.0. The summed E-state index contributed by atoms with van der Waals surface area (Å²) in [5.41, 5.74) is 0.699. The molecule has 0 spiro atoms. The van der Waals surface area contributed by atoms with E-state index in [1.54, 1.807) is 12.1 Å². The van der Waals surface area contributed by atoms with Gasteiger partial charge in [0.1, 0.15) is 13.2 Å². The van der Waals surface area contributed by atoms with E-state index in [-0.39, 0.29) is 16.1 Å². The van der Waals surface area contributed by atoms with E-state index in [1.165, 1.54) is 41.7 Å². The van der Waals surface area contributed by atoms with Crippen LogP contribution in [0.3, 0.4) is 0 Å². The molecule has 0 unspecified atom stereocenters. The molecule has 3 aromatic carbocycles. The van der Waals surface area contributed by atoms with Gasteiger partial charge < -0.3 is 14.2 Å². The standard InChI is InChI=1S/C24H19N3O7S2/c28-22(26-24-25-18-7-3-4-8-21(18)35-24)14-34-23(29)16-5-1-2-6-17(16)27-36(30,31)15-9-10-19-20(13-15)33-12-11-32-19/h1-10,13,27H,11-12,14H2,(H,25,26,28). The minimum Gasteiger partial charge on any atom is -0.486 e. The van der Waals surface area contributed by atoms with Crippen LogP contribution in [0.1, 0.15) is 10.4 Å². The molecule has 1 aliphatic rings. The fourth-order valence-electron chi connectivity index (χ4n) is 3.43. The molecule has 0 saturated carbocycles. The first-order valence-corrected chi connectivity index (χ1v) is 13.0. The molecule has 2 N–H and O–H groups in total. The van der Waals surface area contributed by atoms with Gasteiger partial charge >= 0.3 is 5.97 Å². The van der Waals surface area contributed by atoms with E-state index in [0.29, 0.717) is 29.8 Å². The zero-order valence-electron chi connectivity index (χ0n) is 18.6. The van der Waals surface area contributed by atoms with Crippen molar-refractivity contribution in [3.05, 3.63) is 72.3 Å². The summed E-state index contributed by atoms with van der Waals surface area (Å²) >= 11 is 1.29. The first kappa shape index (κ1) is 23.6. The van der Waals surface area contributed by atoms with Crippen molar-refractivity contribution in [3.8, 4) is 11.5 Å². The molecule has 0 fully saturated rings. The quantitative estimate of drug-likeness (QED) is 0.349. The van der Waals surface area contributed by atoms with Crippen molar-refractivity contribution in [2.75, 3.05) is 29.9 Å². The molecule has 0 radical (unpaired) electrons. The summed E-state index contributed by atoms with van der Waals surface area (Å²) in [5.74, 6) is -0.670. The van der Waals surface area contributed by atoms with Gasteiger partial charge in [-0.05, 0) is 36.4 Å². The van der Waals surface area contributed by atoms with Crippen molar-refractivity contribution in [2.24, 2.45) is 0 Å². The number of ether oxygens (including phenoxy) is 3. The Morgan fingerprint density at radius 3 is 2.56 bits per heavy atom. The van der Waals surface area contributed by atoms with Gasteiger partial charge in [-0.1, -0.05) is 35.6 Å². The van der Waals surface area contributed by atoms with Gasteiger partial charge in [-0.15, -0.1) is 0 Å². The number of aromatic nitrogens is 1. The van der Waals surface area contributed by atoms with Gasteiger partial charge in [0, 0.05) is 6.07 Å². The van der Waals surface area contributed by atoms with Crippen LogP contribution in [0.4, 0.5) is 10.8 Å². The van der Waals surface area contributed by atoms with E-state index < -0.39 is 28.5 Å². The summed E-state index contributed by atoms with van der Waals surface area (Å²) in [6.45, 7) is 0.120. The van der Waals surface area contributed by atoms with Crippen molar-refractivity contribution in [3.63, 3.8) is 0 Å². The molecule has 12 heteroatoms. The third-order valence-corrected chi connectivity index (χ3v) is 7.40. The average molecular weight is 526 g/mol. The maximum absolute atomic E-state index is 13.0. The molecule has 5 rings (SSSR count). The smallest absolute Gasteiger partial charge is 0.340 e. The van der Waals surface area contributed by atoms with E-state index >= 15 is 0 Å². The van der Waals surface area contributed by atoms with Crippen LogP contribution in [-0.2, 0) is 19.6 Å². The van der Waals surface area contributed by atoms with Crippen LogP contribution >= 0.6 is 11.3 Å². The number of para-hydroxylation sites is 2. The van der Waals surface area contributed by atoms with Crippen LogP contribution in [0.25, 0.3) is 10.2 Å². The van der Waals surface area contributed by atoms with Gasteiger partial charge in [-0.2, -0.15) is 0 Å². The lowest BCUT2D eigenvalue weighted by atomic mass is 10.2. The SMILES string of the molecule is O=C(COC(=O)c1ccccc1NS(=O)(=O)c1ccc2c(c1)OCCO2)Nc1nc2ccccc2s1. The molecule has 0 bridgehead atoms. The van der Waals surface area contributed by atoms with Gasteiger partial charge in [-0.25, -0.2) is 18.2 Å². The molecule has 4 aromatic rings. The van der Waals surface area contributed by atoms with Crippen molar-refractivity contribution < 1.29 is 32.2 Å². The summed E-state index contributed by atoms with van der Waals surface area (Å²) < 4.78 is 45.3. The molecule has 0 aliphatic carbocycles. The van der Waals surface area contributed by atoms with Crippen LogP contribution in [0, 0.1) is 0 Å². The fraction of sp³-hybridized carbons (Fsp3) is 0.125. The predicted octanol–water partition coefficient (Wildman–Crippen LogP) is 3.66. The predicted molar refractivity (Wildman–Crippen MR) is 133 cm³/mol. The number of sulfonamides is 1. The maximum Gasteiger partial charge on any atom is 0.340 e. The molecule has 1 aliphatic heterocycles. The minimum absolute atomic E-state index is 0.00368. The number of rotatable bonds is 7. The molecule has 36 heavy (non-hydrogen) atoms. The second-order valence-corrected chi connectivity index (χ2v) is 10.3. The Labute approximate surface area is 209 Å². The number of hydrogen-bond donors (Lipinski definition) is 2. The number of nitrogens with zero attached hydrogens (tertiary/aromatic N) is 1.